The Morgan fingerprint density at radius 2 is 1.94 bits per heavy atom. The highest BCUT2D eigenvalue weighted by molar-refractivity contribution is 5.98. The molecule has 5 rings (SSSR count). The number of carbonyl (C=O) groups excluding carboxylic acids is 2. The van der Waals surface area contributed by atoms with Gasteiger partial charge in [-0.05, 0) is 54.2 Å². The summed E-state index contributed by atoms with van der Waals surface area (Å²) >= 11 is 0. The number of carbonyl (C=O) groups is 2. The zero-order valence-electron chi connectivity index (χ0n) is 19.3. The third kappa shape index (κ3) is 4.96. The van der Waals surface area contributed by atoms with Crippen molar-refractivity contribution in [1.82, 2.24) is 14.9 Å². The highest BCUT2D eigenvalue weighted by Crippen LogP contribution is 2.29. The Morgan fingerprint density at radius 1 is 1.14 bits per heavy atom. The van der Waals surface area contributed by atoms with E-state index in [1.54, 1.807) is 6.07 Å². The van der Waals surface area contributed by atoms with Crippen LogP contribution in [-0.4, -0.2) is 40.3 Å². The molecule has 35 heavy (non-hydrogen) atoms. The van der Waals surface area contributed by atoms with Crippen molar-refractivity contribution in [3.05, 3.63) is 83.7 Å². The molecule has 2 amide bonds. The molecule has 1 aliphatic rings. The van der Waals surface area contributed by atoms with E-state index in [1.165, 1.54) is 11.8 Å². The van der Waals surface area contributed by atoms with E-state index in [1.807, 2.05) is 41.4 Å². The number of nitrogens with zero attached hydrogens (tertiary/aromatic N) is 2. The smallest absolute Gasteiger partial charge is 0.252 e. The van der Waals surface area contributed by atoms with Crippen LogP contribution in [-0.2, 0) is 11.3 Å². The Bertz CT molecular complexity index is 1340. The standard InChI is InChI=1S/C27H28N6O2/c28-27(35)23-16-31-26(14-25(23)30-15-20-2-1-3-24-22(20)8-11-29-24)32-21-6-4-18(5-7-21)19-9-12-33(17-34)13-10-19/h1-8,11,14,16-17,19,29H,9-10,12-13,15H2,(H2,28,35)(H2,30,31,32). The number of aromatic nitrogens is 2. The van der Waals surface area contributed by atoms with E-state index < -0.39 is 5.91 Å². The van der Waals surface area contributed by atoms with Gasteiger partial charge in [-0.2, -0.15) is 0 Å². The van der Waals surface area contributed by atoms with E-state index in [4.69, 9.17) is 5.73 Å². The zero-order valence-corrected chi connectivity index (χ0v) is 19.3. The number of nitrogens with one attached hydrogen (secondary N) is 3. The van der Waals surface area contributed by atoms with Gasteiger partial charge < -0.3 is 26.3 Å². The van der Waals surface area contributed by atoms with Crippen LogP contribution in [0, 0.1) is 0 Å². The Morgan fingerprint density at radius 3 is 2.69 bits per heavy atom. The number of aromatic amines is 1. The quantitative estimate of drug-likeness (QED) is 0.287. The Labute approximate surface area is 203 Å². The number of pyridine rings is 1. The number of anilines is 3. The first-order chi connectivity index (χ1) is 17.1. The number of rotatable bonds is 8. The lowest BCUT2D eigenvalue weighted by Crippen LogP contribution is -2.31. The molecule has 4 aromatic rings. The second-order valence-corrected chi connectivity index (χ2v) is 8.85. The van der Waals surface area contributed by atoms with Crippen LogP contribution in [0.25, 0.3) is 10.9 Å². The van der Waals surface area contributed by atoms with Gasteiger partial charge in [-0.15, -0.1) is 0 Å². The molecule has 0 radical (unpaired) electrons. The first-order valence-electron chi connectivity index (χ1n) is 11.8. The first-order valence-corrected chi connectivity index (χ1v) is 11.8. The first kappa shape index (κ1) is 22.5. The number of piperidine rings is 1. The van der Waals surface area contributed by atoms with Crippen molar-refractivity contribution in [2.45, 2.75) is 25.3 Å². The summed E-state index contributed by atoms with van der Waals surface area (Å²) in [5, 5.41) is 7.80. The number of hydrogen-bond donors (Lipinski definition) is 4. The number of nitrogens with two attached hydrogens (primary N) is 1. The molecule has 0 saturated carbocycles. The summed E-state index contributed by atoms with van der Waals surface area (Å²) in [6.07, 6.45) is 6.31. The van der Waals surface area contributed by atoms with Crippen LogP contribution in [0.5, 0.6) is 0 Å². The molecule has 0 unspecified atom stereocenters. The summed E-state index contributed by atoms with van der Waals surface area (Å²) in [6.45, 7) is 2.15. The van der Waals surface area contributed by atoms with Crippen LogP contribution in [0.1, 0.15) is 40.2 Å². The molecule has 8 heteroatoms. The molecule has 2 aromatic carbocycles. The summed E-state index contributed by atoms with van der Waals surface area (Å²) in [5.41, 5.74) is 10.9. The molecule has 1 aliphatic heterocycles. The van der Waals surface area contributed by atoms with Gasteiger partial charge in [0.2, 0.25) is 6.41 Å². The normalized spacial score (nSPS) is 14.1. The van der Waals surface area contributed by atoms with Crippen LogP contribution < -0.4 is 16.4 Å². The maximum Gasteiger partial charge on any atom is 0.252 e. The zero-order chi connectivity index (χ0) is 24.2. The van der Waals surface area contributed by atoms with Crippen molar-refractivity contribution in [2.75, 3.05) is 23.7 Å². The van der Waals surface area contributed by atoms with Crippen LogP contribution >= 0.6 is 0 Å². The van der Waals surface area contributed by atoms with E-state index in [0.29, 0.717) is 29.5 Å². The van der Waals surface area contributed by atoms with Crippen LogP contribution in [0.2, 0.25) is 0 Å². The van der Waals surface area contributed by atoms with E-state index in [0.717, 1.165) is 54.5 Å². The highest BCUT2D eigenvalue weighted by Gasteiger charge is 2.19. The molecule has 0 bridgehead atoms. The lowest BCUT2D eigenvalue weighted by atomic mass is 9.89. The molecular formula is C27H28N6O2. The number of likely N-dealkylation sites (tertiary alicyclic amines) is 1. The molecular weight excluding hydrogens is 440 g/mol. The molecule has 8 nitrogen and oxygen atoms in total. The molecule has 5 N–H and O–H groups in total. The van der Waals surface area contributed by atoms with Gasteiger partial charge in [0.05, 0.1) is 11.3 Å². The summed E-state index contributed by atoms with van der Waals surface area (Å²) in [4.78, 5) is 32.4. The highest BCUT2D eigenvalue weighted by atomic mass is 16.1. The number of hydrogen-bond acceptors (Lipinski definition) is 5. The molecule has 1 fully saturated rings. The van der Waals surface area contributed by atoms with Crippen molar-refractivity contribution < 1.29 is 9.59 Å². The van der Waals surface area contributed by atoms with Crippen molar-refractivity contribution in [3.63, 3.8) is 0 Å². The topological polar surface area (TPSA) is 116 Å². The van der Waals surface area contributed by atoms with Crippen LogP contribution in [0.15, 0.2) is 67.0 Å². The van der Waals surface area contributed by atoms with Gasteiger partial charge in [0.1, 0.15) is 5.82 Å². The largest absolute Gasteiger partial charge is 0.380 e. The molecule has 0 aliphatic carbocycles. The molecule has 0 atom stereocenters. The fourth-order valence-electron chi connectivity index (χ4n) is 4.69. The number of benzene rings is 2. The van der Waals surface area contributed by atoms with E-state index in [-0.39, 0.29) is 0 Å². The lowest BCUT2D eigenvalue weighted by Gasteiger charge is -2.29. The minimum absolute atomic E-state index is 0.341. The minimum Gasteiger partial charge on any atom is -0.380 e. The lowest BCUT2D eigenvalue weighted by molar-refractivity contribution is -0.119. The third-order valence-corrected chi connectivity index (χ3v) is 6.66. The van der Waals surface area contributed by atoms with E-state index in [9.17, 15) is 9.59 Å². The maximum atomic E-state index is 12.0. The summed E-state index contributed by atoms with van der Waals surface area (Å²) in [5.74, 6) is 0.550. The van der Waals surface area contributed by atoms with Gasteiger partial charge in [0.25, 0.3) is 5.91 Å². The van der Waals surface area contributed by atoms with Crippen molar-refractivity contribution in [1.29, 1.82) is 0 Å². The average molecular weight is 469 g/mol. The fraction of sp³-hybridized carbons (Fsp3) is 0.222. The Balaban J connectivity index is 1.29. The summed E-state index contributed by atoms with van der Waals surface area (Å²) in [7, 11) is 0. The Hall–Kier alpha value is -4.33. The number of amides is 2. The number of primary amides is 1. The van der Waals surface area contributed by atoms with Gasteiger partial charge in [-0.1, -0.05) is 24.3 Å². The van der Waals surface area contributed by atoms with Gasteiger partial charge in [-0.3, -0.25) is 9.59 Å². The second kappa shape index (κ2) is 9.89. The molecule has 0 spiro atoms. The number of H-pyrrole nitrogens is 1. The third-order valence-electron chi connectivity index (χ3n) is 6.66. The fourth-order valence-corrected chi connectivity index (χ4v) is 4.69. The van der Waals surface area contributed by atoms with Crippen molar-refractivity contribution in [3.8, 4) is 0 Å². The summed E-state index contributed by atoms with van der Waals surface area (Å²) < 4.78 is 0. The molecule has 1 saturated heterocycles. The summed E-state index contributed by atoms with van der Waals surface area (Å²) in [6, 6.07) is 18.2. The predicted molar refractivity (Wildman–Crippen MR) is 138 cm³/mol. The second-order valence-electron chi connectivity index (χ2n) is 8.85. The van der Waals surface area contributed by atoms with Crippen molar-refractivity contribution >= 4 is 40.4 Å². The Kier molecular flexibility index (Phi) is 6.34. The van der Waals surface area contributed by atoms with Gasteiger partial charge in [-0.25, -0.2) is 4.98 Å². The molecule has 3 heterocycles. The number of fused-ring (bicyclic) bond motifs is 1. The van der Waals surface area contributed by atoms with Crippen LogP contribution in [0.4, 0.5) is 17.2 Å². The van der Waals surface area contributed by atoms with Crippen molar-refractivity contribution in [2.24, 2.45) is 5.73 Å². The minimum atomic E-state index is -0.531. The molecule has 178 valence electrons. The predicted octanol–water partition coefficient (Wildman–Crippen LogP) is 4.35. The maximum absolute atomic E-state index is 12.0. The van der Waals surface area contributed by atoms with Gasteiger partial charge in [0, 0.05) is 54.7 Å². The van der Waals surface area contributed by atoms with Gasteiger partial charge in [0.15, 0.2) is 0 Å². The molecule has 2 aromatic heterocycles. The van der Waals surface area contributed by atoms with E-state index >= 15 is 0 Å². The van der Waals surface area contributed by atoms with E-state index in [2.05, 4.69) is 38.8 Å². The van der Waals surface area contributed by atoms with Gasteiger partial charge >= 0.3 is 0 Å². The SMILES string of the molecule is NC(=O)c1cnc(Nc2ccc(C3CCN(C=O)CC3)cc2)cc1NCc1cccc2[nH]ccc12. The van der Waals surface area contributed by atoms with Crippen LogP contribution in [0.3, 0.4) is 0 Å². The average Bonchev–Trinajstić information content (AvgIpc) is 3.38. The monoisotopic (exact) mass is 468 g/mol.